The molecule has 1 atom stereocenters. The van der Waals surface area contributed by atoms with Crippen molar-refractivity contribution in [1.29, 1.82) is 0 Å². The van der Waals surface area contributed by atoms with E-state index < -0.39 is 17.7 Å². The van der Waals surface area contributed by atoms with Crippen molar-refractivity contribution in [2.45, 2.75) is 19.4 Å². The van der Waals surface area contributed by atoms with Crippen molar-refractivity contribution in [3.05, 3.63) is 77.1 Å². The third kappa shape index (κ3) is 5.20. The number of aliphatic hydroxyl groups excluding tert-OH is 1. The molecule has 5 rings (SSSR count). The van der Waals surface area contributed by atoms with Gasteiger partial charge in [0.2, 0.25) is 0 Å². The minimum Gasteiger partial charge on any atom is -0.507 e. The van der Waals surface area contributed by atoms with Crippen LogP contribution in [0.1, 0.15) is 29.3 Å². The molecule has 3 heterocycles. The summed E-state index contributed by atoms with van der Waals surface area (Å²) in [6, 6.07) is 13.9. The van der Waals surface area contributed by atoms with Gasteiger partial charge in [-0.05, 0) is 43.7 Å². The Morgan fingerprint density at radius 3 is 2.50 bits per heavy atom. The van der Waals surface area contributed by atoms with E-state index in [1.807, 2.05) is 37.3 Å². The minimum atomic E-state index is -0.866. The minimum absolute atomic E-state index is 0.00126. The van der Waals surface area contributed by atoms with E-state index in [1.165, 1.54) is 18.2 Å². The van der Waals surface area contributed by atoms with E-state index in [4.69, 9.17) is 14.2 Å². The van der Waals surface area contributed by atoms with Crippen LogP contribution in [0.25, 0.3) is 11.4 Å². The largest absolute Gasteiger partial charge is 0.507 e. The van der Waals surface area contributed by atoms with Gasteiger partial charge in [0.25, 0.3) is 11.7 Å². The summed E-state index contributed by atoms with van der Waals surface area (Å²) in [5.74, 6) is -0.656. The Kier molecular flexibility index (Phi) is 8.18. The van der Waals surface area contributed by atoms with Crippen LogP contribution >= 0.6 is 0 Å². The van der Waals surface area contributed by atoms with Gasteiger partial charge < -0.3 is 24.2 Å². The maximum absolute atomic E-state index is 13.6. The van der Waals surface area contributed by atoms with Gasteiger partial charge in [-0.15, -0.1) is 0 Å². The molecule has 210 valence electrons. The zero-order valence-corrected chi connectivity index (χ0v) is 23.0. The van der Waals surface area contributed by atoms with Crippen molar-refractivity contribution in [1.82, 2.24) is 19.6 Å². The molecule has 3 aromatic rings. The van der Waals surface area contributed by atoms with Crippen molar-refractivity contribution in [2.75, 3.05) is 53.6 Å². The number of benzene rings is 2. The first-order chi connectivity index (χ1) is 19.4. The van der Waals surface area contributed by atoms with E-state index in [0.717, 1.165) is 25.3 Å². The molecule has 2 aliphatic heterocycles. The number of carbonyl (C=O) groups is 2. The Bertz CT molecular complexity index is 1410. The van der Waals surface area contributed by atoms with Crippen LogP contribution in [0.3, 0.4) is 0 Å². The number of methoxy groups -OCH3 is 2. The normalized spacial score (nSPS) is 19.3. The molecule has 10 nitrogen and oxygen atoms in total. The number of ketones is 1. The highest BCUT2D eigenvalue weighted by atomic mass is 16.5. The number of amides is 1. The number of para-hydroxylation sites is 1. The number of morpholine rings is 1. The van der Waals surface area contributed by atoms with Crippen molar-refractivity contribution in [3.63, 3.8) is 0 Å². The van der Waals surface area contributed by atoms with E-state index in [0.29, 0.717) is 54.5 Å². The third-order valence-corrected chi connectivity index (χ3v) is 7.51. The lowest BCUT2D eigenvalue weighted by molar-refractivity contribution is -0.140. The second-order valence-electron chi connectivity index (χ2n) is 9.80. The first-order valence-corrected chi connectivity index (χ1v) is 13.4. The van der Waals surface area contributed by atoms with E-state index >= 15 is 0 Å². The van der Waals surface area contributed by atoms with E-state index in [1.54, 1.807) is 30.0 Å². The number of hydrogen-bond acceptors (Lipinski definition) is 8. The average Bonchev–Trinajstić information content (AvgIpc) is 3.50. The molecular formula is C30H34N4O6. The first kappa shape index (κ1) is 27.4. The van der Waals surface area contributed by atoms with Crippen LogP contribution in [0.15, 0.2) is 60.3 Å². The Hall–Kier alpha value is -4.15. The molecule has 1 N–H and O–H groups in total. The van der Waals surface area contributed by atoms with Gasteiger partial charge in [0.1, 0.15) is 17.3 Å². The second kappa shape index (κ2) is 11.9. The summed E-state index contributed by atoms with van der Waals surface area (Å²) < 4.78 is 18.2. The summed E-state index contributed by atoms with van der Waals surface area (Å²) in [7, 11) is 3.08. The fourth-order valence-corrected chi connectivity index (χ4v) is 5.39. The summed E-state index contributed by atoms with van der Waals surface area (Å²) in [4.78, 5) is 30.9. The molecular weight excluding hydrogens is 512 g/mol. The highest BCUT2D eigenvalue weighted by Gasteiger charge is 2.47. The smallest absolute Gasteiger partial charge is 0.295 e. The highest BCUT2D eigenvalue weighted by molar-refractivity contribution is 6.46. The van der Waals surface area contributed by atoms with Crippen molar-refractivity contribution < 1.29 is 28.9 Å². The van der Waals surface area contributed by atoms with Gasteiger partial charge in [0, 0.05) is 31.7 Å². The maximum atomic E-state index is 13.6. The van der Waals surface area contributed by atoms with Crippen LogP contribution in [-0.4, -0.2) is 90.0 Å². The predicted octanol–water partition coefficient (Wildman–Crippen LogP) is 3.34. The van der Waals surface area contributed by atoms with Gasteiger partial charge in [-0.2, -0.15) is 5.10 Å². The number of hydrogen-bond donors (Lipinski definition) is 1. The molecule has 2 saturated heterocycles. The number of Topliss-reactive ketones (excluding diaryl/α,β-unsaturated/α-hetero) is 1. The summed E-state index contributed by atoms with van der Waals surface area (Å²) >= 11 is 0. The molecule has 40 heavy (non-hydrogen) atoms. The molecule has 1 amide bonds. The fourth-order valence-electron chi connectivity index (χ4n) is 5.39. The van der Waals surface area contributed by atoms with Crippen LogP contribution < -0.4 is 9.47 Å². The molecule has 0 spiro atoms. The predicted molar refractivity (Wildman–Crippen MR) is 149 cm³/mol. The summed E-state index contributed by atoms with van der Waals surface area (Å²) in [5.41, 5.74) is 2.38. The Labute approximate surface area is 233 Å². The van der Waals surface area contributed by atoms with Crippen LogP contribution in [0.4, 0.5) is 0 Å². The van der Waals surface area contributed by atoms with Crippen molar-refractivity contribution in [2.24, 2.45) is 0 Å². The number of carbonyl (C=O) groups excluding carboxylic acids is 2. The SMILES string of the molecule is COc1ccc(OC)c([C@@H]2/C(=C(\O)c3cnn(-c4ccccc4)c3C)C(=O)C(=O)N2CCCN2CCOCC2)c1. The Balaban J connectivity index is 1.57. The summed E-state index contributed by atoms with van der Waals surface area (Å²) in [6.45, 7) is 5.92. The monoisotopic (exact) mass is 546 g/mol. The van der Waals surface area contributed by atoms with Gasteiger partial charge in [-0.25, -0.2) is 4.68 Å². The van der Waals surface area contributed by atoms with E-state index in [-0.39, 0.29) is 11.3 Å². The lowest BCUT2D eigenvalue weighted by atomic mass is 9.94. The lowest BCUT2D eigenvalue weighted by Crippen LogP contribution is -2.39. The molecule has 2 fully saturated rings. The Morgan fingerprint density at radius 1 is 1.05 bits per heavy atom. The van der Waals surface area contributed by atoms with Crippen LogP contribution in [0.2, 0.25) is 0 Å². The van der Waals surface area contributed by atoms with Crippen LogP contribution in [0.5, 0.6) is 11.5 Å². The van der Waals surface area contributed by atoms with Gasteiger partial charge in [-0.1, -0.05) is 18.2 Å². The third-order valence-electron chi connectivity index (χ3n) is 7.51. The molecule has 0 bridgehead atoms. The number of rotatable bonds is 9. The molecule has 1 aromatic heterocycles. The van der Waals surface area contributed by atoms with Gasteiger partial charge in [-0.3, -0.25) is 14.5 Å². The highest BCUT2D eigenvalue weighted by Crippen LogP contribution is 2.44. The molecule has 0 aliphatic carbocycles. The average molecular weight is 547 g/mol. The topological polar surface area (TPSA) is 106 Å². The number of aromatic nitrogens is 2. The molecule has 0 saturated carbocycles. The van der Waals surface area contributed by atoms with E-state index in [9.17, 15) is 14.7 Å². The van der Waals surface area contributed by atoms with Crippen molar-refractivity contribution in [3.8, 4) is 17.2 Å². The molecule has 0 unspecified atom stereocenters. The number of aliphatic hydroxyl groups is 1. The zero-order valence-electron chi connectivity index (χ0n) is 23.0. The quantitative estimate of drug-likeness (QED) is 0.248. The lowest BCUT2D eigenvalue weighted by Gasteiger charge is -2.29. The van der Waals surface area contributed by atoms with Crippen LogP contribution in [0, 0.1) is 6.92 Å². The van der Waals surface area contributed by atoms with Crippen LogP contribution in [-0.2, 0) is 14.3 Å². The molecule has 2 aliphatic rings. The maximum Gasteiger partial charge on any atom is 0.295 e. The van der Waals surface area contributed by atoms with Gasteiger partial charge in [0.05, 0.1) is 62.2 Å². The number of likely N-dealkylation sites (tertiary alicyclic amines) is 1. The summed E-state index contributed by atoms with van der Waals surface area (Å²) in [5, 5.41) is 16.1. The number of ether oxygens (including phenoxy) is 3. The fraction of sp³-hybridized carbons (Fsp3) is 0.367. The van der Waals surface area contributed by atoms with Crippen molar-refractivity contribution >= 4 is 17.4 Å². The van der Waals surface area contributed by atoms with E-state index in [2.05, 4.69) is 10.00 Å². The first-order valence-electron chi connectivity index (χ1n) is 13.4. The zero-order chi connectivity index (χ0) is 28.2. The van der Waals surface area contributed by atoms with Gasteiger partial charge >= 0.3 is 0 Å². The Morgan fingerprint density at radius 2 is 1.80 bits per heavy atom. The number of nitrogens with zero attached hydrogens (tertiary/aromatic N) is 4. The second-order valence-corrected chi connectivity index (χ2v) is 9.80. The summed E-state index contributed by atoms with van der Waals surface area (Å²) in [6.07, 6.45) is 2.17. The van der Waals surface area contributed by atoms with Gasteiger partial charge in [0.15, 0.2) is 0 Å². The molecule has 10 heteroatoms. The molecule has 0 radical (unpaired) electrons. The molecule has 2 aromatic carbocycles. The standard InChI is InChI=1S/C30H34N4O6/c1-20-24(19-31-34(20)21-8-5-4-6-9-21)28(35)26-27(23-18-22(38-2)10-11-25(23)39-3)33(30(37)29(26)36)13-7-12-32-14-16-40-17-15-32/h4-6,8-11,18-19,27,35H,7,12-17H2,1-3H3/b28-26+/t27-/m1/s1.